The number of aliphatic carboxylic acids is 3. The molecular weight excluding hydrogens is 1160 g/mol. The van der Waals surface area contributed by atoms with E-state index < -0.39 is 90.0 Å². The maximum atomic E-state index is 11.2. The number of aromatic nitrogens is 2. The molecule has 407 valence electrons. The van der Waals surface area contributed by atoms with Gasteiger partial charge in [-0.05, 0) is 113 Å². The minimum absolute atomic E-state index is 0. The molecule has 4 aromatic heterocycles. The first-order chi connectivity index (χ1) is 35.8. The van der Waals surface area contributed by atoms with Gasteiger partial charge in [0, 0.05) is 21.8 Å². The smallest absolute Gasteiger partial charge is 0.542 e. The minimum atomic E-state index is -1.83. The van der Waals surface area contributed by atoms with Gasteiger partial charge in [-0.25, -0.2) is 0 Å². The van der Waals surface area contributed by atoms with Crippen molar-refractivity contribution in [3.63, 3.8) is 0 Å². The fraction of sp³-hybridized carbons (Fsp3) is 0.340. The number of fused-ring (bicyclic) bond motifs is 2. The molecule has 76 heavy (non-hydrogen) atoms. The molecule has 6 N–H and O–H groups in total. The van der Waals surface area contributed by atoms with E-state index in [4.69, 9.17) is 17.2 Å². The van der Waals surface area contributed by atoms with Crippen LogP contribution in [0.4, 0.5) is 0 Å². The molecule has 0 bridgehead atoms. The summed E-state index contributed by atoms with van der Waals surface area (Å²) in [6.07, 6.45) is 3.04. The Labute approximate surface area is 475 Å². The number of carbonyl (C=O) groups excluding carboxylic acids is 9. The topological polar surface area (TPSA) is 327 Å². The van der Waals surface area contributed by atoms with E-state index in [1.54, 1.807) is 58.0 Å². The number of Topliss-reactive ketones (excluding diaryl/α,β-unsaturated/α-hetero) is 6. The number of pyridine rings is 2. The number of hydrogen-bond acceptors (Lipinski definition) is 22. The monoisotopic (exact) mass is 1220 g/mol. The summed E-state index contributed by atoms with van der Waals surface area (Å²) in [6, 6.07) is 31.0. The molecule has 6 rings (SSSR count). The average molecular weight is 1220 g/mol. The van der Waals surface area contributed by atoms with E-state index in [0.717, 1.165) is 45.9 Å². The summed E-state index contributed by atoms with van der Waals surface area (Å²) < 4.78 is 2.64. The molecule has 6 aromatic rings. The number of ketones is 6. The maximum Gasteiger partial charge on any atom is 3.00 e. The van der Waals surface area contributed by atoms with Gasteiger partial charge in [0.1, 0.15) is 17.9 Å². The van der Waals surface area contributed by atoms with Crippen LogP contribution in [0.1, 0.15) is 59.3 Å². The second-order valence-electron chi connectivity index (χ2n) is 15.6. The first-order valence-corrected chi connectivity index (χ1v) is 28.5. The van der Waals surface area contributed by atoms with E-state index in [1.807, 2.05) is 69.6 Å². The molecule has 0 aliphatic heterocycles. The van der Waals surface area contributed by atoms with Crippen LogP contribution in [0.2, 0.25) is 0 Å². The Bertz CT molecular complexity index is 2480. The van der Waals surface area contributed by atoms with E-state index >= 15 is 0 Å². The molecule has 0 spiro atoms. The number of carboxylic acids is 3. The zero-order chi connectivity index (χ0) is 55.7. The van der Waals surface area contributed by atoms with Crippen LogP contribution in [-0.4, -0.2) is 115 Å². The van der Waals surface area contributed by atoms with Gasteiger partial charge in [-0.15, -0.1) is 22.7 Å². The van der Waals surface area contributed by atoms with Crippen molar-refractivity contribution in [3.05, 3.63) is 109 Å². The summed E-state index contributed by atoms with van der Waals surface area (Å²) >= 11 is 8.48. The van der Waals surface area contributed by atoms with Gasteiger partial charge in [-0.3, -0.25) is 38.7 Å². The van der Waals surface area contributed by atoms with Crippen LogP contribution < -0.4 is 32.5 Å². The Kier molecular flexibility index (Phi) is 35.3. The third-order valence-corrected chi connectivity index (χ3v) is 15.0. The van der Waals surface area contributed by atoms with Crippen LogP contribution in [0.3, 0.4) is 0 Å². The Hall–Kier alpha value is -5.36. The van der Waals surface area contributed by atoms with Crippen LogP contribution >= 0.6 is 58.0 Å². The van der Waals surface area contributed by atoms with Crippen LogP contribution in [0.25, 0.3) is 41.3 Å². The van der Waals surface area contributed by atoms with Crippen molar-refractivity contribution in [2.45, 2.75) is 77.4 Å². The van der Waals surface area contributed by atoms with E-state index in [2.05, 4.69) is 70.6 Å². The number of hydrogen-bond donors (Lipinski definition) is 3. The first kappa shape index (κ1) is 68.7. The van der Waals surface area contributed by atoms with Crippen molar-refractivity contribution in [2.24, 2.45) is 17.2 Å². The summed E-state index contributed by atoms with van der Waals surface area (Å²) in [5, 5.41) is 32.8. The van der Waals surface area contributed by atoms with E-state index in [1.165, 1.54) is 29.9 Å². The normalized spacial score (nSPS) is 11.4. The number of nitrogens with zero attached hydrogens (tertiary/aromatic N) is 2. The number of nitrogens with two attached hydrogens (primary N) is 3. The van der Waals surface area contributed by atoms with Crippen LogP contribution in [0, 0.1) is 0 Å². The third-order valence-electron chi connectivity index (χ3n) is 9.95. The van der Waals surface area contributed by atoms with E-state index in [0.29, 0.717) is 19.3 Å². The number of carbonyl (C=O) groups is 9. The minimum Gasteiger partial charge on any atom is -0.542 e. The summed E-state index contributed by atoms with van der Waals surface area (Å²) in [6.45, 7) is 5.95. The molecular formula is C53H60N5O12RuS5. The predicted octanol–water partition coefficient (Wildman–Crippen LogP) is 4.13. The van der Waals surface area contributed by atoms with Crippen LogP contribution in [0.15, 0.2) is 109 Å². The fourth-order valence-electron chi connectivity index (χ4n) is 5.86. The molecule has 0 fully saturated rings. The quantitative estimate of drug-likeness (QED) is 0.0297. The van der Waals surface area contributed by atoms with Crippen molar-refractivity contribution in [1.29, 1.82) is 0 Å². The predicted molar refractivity (Wildman–Crippen MR) is 296 cm³/mol. The molecule has 4 heterocycles. The van der Waals surface area contributed by atoms with Gasteiger partial charge in [-0.1, -0.05) is 69.3 Å². The van der Waals surface area contributed by atoms with Gasteiger partial charge < -0.3 is 46.9 Å². The van der Waals surface area contributed by atoms with Crippen molar-refractivity contribution >= 4 is 131 Å². The standard InChI is InChI=1S/2C13H9NS.3C9H15NO4S.Ru/c2*1-2-7-12-10(5-1)9-13(15-12)11-6-3-4-8-14-11;3*1-2-15-4-3-6(10)7(11)5-8(12)9(13)14;/h2*1-9H;3*6H,2-5,10H2,1H3,(H,13,14);/q;;;;;+3/p-3/t;;3*6-;/m..000./s1. The van der Waals surface area contributed by atoms with Gasteiger partial charge in [0.25, 0.3) is 0 Å². The van der Waals surface area contributed by atoms with Crippen LogP contribution in [0.5, 0.6) is 0 Å². The Balaban J connectivity index is 0.000000473. The van der Waals surface area contributed by atoms with Crippen molar-refractivity contribution in [1.82, 2.24) is 9.97 Å². The van der Waals surface area contributed by atoms with Gasteiger partial charge in [0.2, 0.25) is 0 Å². The molecule has 0 amide bonds. The second kappa shape index (κ2) is 39.1. The summed E-state index contributed by atoms with van der Waals surface area (Å²) in [7, 11) is 0. The molecule has 3 atom stereocenters. The molecule has 0 unspecified atom stereocenters. The van der Waals surface area contributed by atoms with Gasteiger partial charge in [-0.2, -0.15) is 35.3 Å². The SMILES string of the molecule is CCSCC[C@H](N)C(=O)CC(=O)C(=O)[O-].CCSCC[C@H](N)C(=O)CC(=O)C(=O)[O-].CCSCC[C@H](N)C(=O)CC(=O)C(=O)[O-].[Ru+3].c1ccc(-c2cc3ccccc3s2)nc1.c1ccc(-c2cc3ccccc3s2)nc1. The van der Waals surface area contributed by atoms with Crippen molar-refractivity contribution in [3.8, 4) is 21.1 Å². The number of thioether (sulfide) groups is 3. The van der Waals surface area contributed by atoms with Gasteiger partial charge in [0.15, 0.2) is 34.7 Å². The van der Waals surface area contributed by atoms with Crippen molar-refractivity contribution in [2.75, 3.05) is 34.5 Å². The third kappa shape index (κ3) is 27.1. The zero-order valence-electron chi connectivity index (χ0n) is 42.0. The molecule has 0 aliphatic carbocycles. The summed E-state index contributed by atoms with van der Waals surface area (Å²) in [5.74, 6) is -5.79. The Morgan fingerprint density at radius 2 is 0.763 bits per heavy atom. The summed E-state index contributed by atoms with van der Waals surface area (Å²) in [5.41, 5.74) is 18.5. The zero-order valence-corrected chi connectivity index (χ0v) is 47.9. The number of thiophene rings is 2. The number of carboxylic acid groups (broad SMARTS) is 3. The maximum absolute atomic E-state index is 11.2. The van der Waals surface area contributed by atoms with Crippen LogP contribution in [-0.2, 0) is 62.6 Å². The Morgan fingerprint density at radius 1 is 0.474 bits per heavy atom. The molecule has 2 aromatic carbocycles. The molecule has 23 heteroatoms. The number of benzene rings is 2. The average Bonchev–Trinajstić information content (AvgIpc) is 4.05. The molecule has 0 saturated carbocycles. The Morgan fingerprint density at radius 3 is 1.01 bits per heavy atom. The van der Waals surface area contributed by atoms with E-state index in [-0.39, 0.29) is 19.5 Å². The van der Waals surface area contributed by atoms with Crippen molar-refractivity contribution < 1.29 is 77.9 Å². The molecule has 0 saturated heterocycles. The van der Waals surface area contributed by atoms with E-state index in [9.17, 15) is 58.5 Å². The molecule has 17 nitrogen and oxygen atoms in total. The number of rotatable bonds is 26. The summed E-state index contributed by atoms with van der Waals surface area (Å²) in [4.78, 5) is 107. The van der Waals surface area contributed by atoms with Gasteiger partial charge >= 0.3 is 19.5 Å². The van der Waals surface area contributed by atoms with Gasteiger partial charge in [0.05, 0.1) is 58.5 Å². The first-order valence-electron chi connectivity index (χ1n) is 23.4. The largest absolute Gasteiger partial charge is 3.00 e. The fourth-order valence-corrected chi connectivity index (χ4v) is 10.1. The second-order valence-corrected chi connectivity index (χ2v) is 21.9. The molecule has 0 aliphatic rings. The molecule has 1 radical (unpaired) electrons.